The standard InChI is InChI=1S/C13H13NO2/c1-2-16-11-5-3-9-7-10-4-6-13(15)14(10)12(9)8-11/h3,5,7-8H,2,4,6H2,1H3. The highest BCUT2D eigenvalue weighted by molar-refractivity contribution is 5.96. The van der Waals surface area contributed by atoms with Crippen LogP contribution in [0.1, 0.15) is 23.8 Å². The molecule has 3 rings (SSSR count). The van der Waals surface area contributed by atoms with Crippen LogP contribution in [0, 0.1) is 0 Å². The van der Waals surface area contributed by atoms with Crippen molar-refractivity contribution in [2.75, 3.05) is 6.61 Å². The van der Waals surface area contributed by atoms with E-state index in [0.717, 1.165) is 28.8 Å². The van der Waals surface area contributed by atoms with E-state index in [1.807, 2.05) is 29.7 Å². The third-order valence-electron chi connectivity index (χ3n) is 3.01. The van der Waals surface area contributed by atoms with Crippen molar-refractivity contribution in [2.45, 2.75) is 19.8 Å². The summed E-state index contributed by atoms with van der Waals surface area (Å²) in [6.07, 6.45) is 1.49. The lowest BCUT2D eigenvalue weighted by Gasteiger charge is -2.04. The van der Waals surface area contributed by atoms with Gasteiger partial charge in [-0.3, -0.25) is 9.36 Å². The lowest BCUT2D eigenvalue weighted by molar-refractivity contribution is 0.0928. The number of benzene rings is 1. The van der Waals surface area contributed by atoms with Gasteiger partial charge in [-0.15, -0.1) is 0 Å². The summed E-state index contributed by atoms with van der Waals surface area (Å²) in [4.78, 5) is 11.7. The molecule has 0 unspecified atom stereocenters. The lowest BCUT2D eigenvalue weighted by Crippen LogP contribution is -2.03. The highest BCUT2D eigenvalue weighted by Gasteiger charge is 2.21. The quantitative estimate of drug-likeness (QED) is 0.771. The van der Waals surface area contributed by atoms with E-state index in [-0.39, 0.29) is 5.91 Å². The number of carbonyl (C=O) groups is 1. The smallest absolute Gasteiger partial charge is 0.231 e. The Labute approximate surface area is 93.6 Å². The number of rotatable bonds is 2. The predicted octanol–water partition coefficient (Wildman–Crippen LogP) is 2.63. The lowest BCUT2D eigenvalue weighted by atomic mass is 10.2. The zero-order valence-corrected chi connectivity index (χ0v) is 9.19. The van der Waals surface area contributed by atoms with E-state index in [4.69, 9.17) is 4.74 Å². The molecule has 0 bridgehead atoms. The van der Waals surface area contributed by atoms with E-state index in [1.165, 1.54) is 0 Å². The molecule has 1 aliphatic heterocycles. The Hall–Kier alpha value is -1.77. The molecule has 0 amide bonds. The first-order chi connectivity index (χ1) is 7.79. The van der Waals surface area contributed by atoms with E-state index >= 15 is 0 Å². The van der Waals surface area contributed by atoms with E-state index in [1.54, 1.807) is 0 Å². The maximum atomic E-state index is 11.7. The number of fused-ring (bicyclic) bond motifs is 3. The fraction of sp³-hybridized carbons (Fsp3) is 0.308. The average molecular weight is 215 g/mol. The molecular formula is C13H13NO2. The van der Waals surface area contributed by atoms with Crippen molar-refractivity contribution in [1.82, 2.24) is 4.57 Å². The molecule has 1 aromatic carbocycles. The SMILES string of the molecule is CCOc1ccc2cc3n(c2c1)C(=O)CC3. The Morgan fingerprint density at radius 1 is 1.31 bits per heavy atom. The molecule has 82 valence electrons. The van der Waals surface area contributed by atoms with Crippen molar-refractivity contribution >= 4 is 16.8 Å². The molecule has 0 aliphatic carbocycles. The van der Waals surface area contributed by atoms with Gasteiger partial charge in [-0.2, -0.15) is 0 Å². The molecule has 0 spiro atoms. The van der Waals surface area contributed by atoms with Gasteiger partial charge in [0.1, 0.15) is 5.75 Å². The summed E-state index contributed by atoms with van der Waals surface area (Å²) in [5.74, 6) is 1.02. The van der Waals surface area contributed by atoms with Crippen molar-refractivity contribution < 1.29 is 9.53 Å². The van der Waals surface area contributed by atoms with E-state index in [9.17, 15) is 4.79 Å². The minimum atomic E-state index is 0.193. The third-order valence-corrected chi connectivity index (χ3v) is 3.01. The molecule has 0 saturated heterocycles. The van der Waals surface area contributed by atoms with Crippen LogP contribution >= 0.6 is 0 Å². The van der Waals surface area contributed by atoms with Gasteiger partial charge in [0.2, 0.25) is 5.91 Å². The molecule has 0 N–H and O–H groups in total. The maximum absolute atomic E-state index is 11.7. The van der Waals surface area contributed by atoms with Gasteiger partial charge in [-0.05, 0) is 31.5 Å². The first kappa shape index (κ1) is 9.46. The number of nitrogens with zero attached hydrogens (tertiary/aromatic N) is 1. The summed E-state index contributed by atoms with van der Waals surface area (Å²) >= 11 is 0. The van der Waals surface area contributed by atoms with Gasteiger partial charge in [0.25, 0.3) is 0 Å². The number of aryl methyl sites for hydroxylation is 1. The summed E-state index contributed by atoms with van der Waals surface area (Å²) in [5.41, 5.74) is 2.09. The largest absolute Gasteiger partial charge is 0.494 e. The minimum absolute atomic E-state index is 0.193. The Morgan fingerprint density at radius 3 is 3.00 bits per heavy atom. The Bertz CT molecular complexity index is 569. The molecule has 0 fully saturated rings. The second-order valence-corrected chi connectivity index (χ2v) is 4.02. The summed E-state index contributed by atoms with van der Waals surface area (Å²) < 4.78 is 7.27. The molecule has 0 atom stereocenters. The molecular weight excluding hydrogens is 202 g/mol. The van der Waals surface area contributed by atoms with Gasteiger partial charge < -0.3 is 4.74 Å². The van der Waals surface area contributed by atoms with Crippen molar-refractivity contribution in [3.8, 4) is 5.75 Å². The fourth-order valence-corrected chi connectivity index (χ4v) is 2.32. The summed E-state index contributed by atoms with van der Waals surface area (Å²) in [5, 5.41) is 1.12. The number of hydrogen-bond donors (Lipinski definition) is 0. The zero-order valence-electron chi connectivity index (χ0n) is 9.19. The topological polar surface area (TPSA) is 31.2 Å². The summed E-state index contributed by atoms with van der Waals surface area (Å²) in [7, 11) is 0. The monoisotopic (exact) mass is 215 g/mol. The predicted molar refractivity (Wildman–Crippen MR) is 62.1 cm³/mol. The van der Waals surface area contributed by atoms with Gasteiger partial charge in [-0.25, -0.2) is 0 Å². The van der Waals surface area contributed by atoms with E-state index in [0.29, 0.717) is 13.0 Å². The van der Waals surface area contributed by atoms with Crippen LogP contribution in [0.25, 0.3) is 10.9 Å². The molecule has 1 aromatic heterocycles. The van der Waals surface area contributed by atoms with Gasteiger partial charge in [-0.1, -0.05) is 0 Å². The normalized spacial score (nSPS) is 14.4. The zero-order chi connectivity index (χ0) is 11.1. The Kier molecular flexibility index (Phi) is 1.99. The van der Waals surface area contributed by atoms with Crippen molar-refractivity contribution in [3.63, 3.8) is 0 Å². The fourth-order valence-electron chi connectivity index (χ4n) is 2.32. The van der Waals surface area contributed by atoms with Crippen molar-refractivity contribution in [2.24, 2.45) is 0 Å². The van der Waals surface area contributed by atoms with E-state index < -0.39 is 0 Å². The summed E-state index contributed by atoms with van der Waals surface area (Å²) in [6, 6.07) is 8.01. The second kappa shape index (κ2) is 3.37. The first-order valence-corrected chi connectivity index (χ1v) is 5.60. The Balaban J connectivity index is 2.21. The molecule has 3 nitrogen and oxygen atoms in total. The number of aromatic nitrogens is 1. The number of carbonyl (C=O) groups excluding carboxylic acids is 1. The minimum Gasteiger partial charge on any atom is -0.494 e. The highest BCUT2D eigenvalue weighted by atomic mass is 16.5. The van der Waals surface area contributed by atoms with Crippen LogP contribution < -0.4 is 4.74 Å². The van der Waals surface area contributed by atoms with Gasteiger partial charge in [0, 0.05) is 23.6 Å². The molecule has 2 heterocycles. The molecule has 16 heavy (non-hydrogen) atoms. The van der Waals surface area contributed by atoms with Crippen LogP contribution in [0.3, 0.4) is 0 Å². The van der Waals surface area contributed by atoms with Gasteiger partial charge in [0.05, 0.1) is 12.1 Å². The van der Waals surface area contributed by atoms with Crippen molar-refractivity contribution in [3.05, 3.63) is 30.0 Å². The van der Waals surface area contributed by atoms with Crippen LogP contribution in [-0.4, -0.2) is 17.1 Å². The van der Waals surface area contributed by atoms with Crippen LogP contribution in [0.4, 0.5) is 0 Å². The van der Waals surface area contributed by atoms with Crippen LogP contribution in [-0.2, 0) is 6.42 Å². The Morgan fingerprint density at radius 2 is 2.19 bits per heavy atom. The first-order valence-electron chi connectivity index (χ1n) is 5.60. The van der Waals surface area contributed by atoms with E-state index in [2.05, 4.69) is 6.07 Å². The summed E-state index contributed by atoms with van der Waals surface area (Å²) in [6.45, 7) is 2.60. The number of ether oxygens (including phenoxy) is 1. The molecule has 0 radical (unpaired) electrons. The van der Waals surface area contributed by atoms with Gasteiger partial charge >= 0.3 is 0 Å². The molecule has 0 saturated carbocycles. The third kappa shape index (κ3) is 1.24. The van der Waals surface area contributed by atoms with Crippen LogP contribution in [0.2, 0.25) is 0 Å². The van der Waals surface area contributed by atoms with Crippen LogP contribution in [0.5, 0.6) is 5.75 Å². The average Bonchev–Trinajstić information content (AvgIpc) is 2.80. The number of hydrogen-bond acceptors (Lipinski definition) is 2. The molecule has 3 heteroatoms. The molecule has 1 aliphatic rings. The van der Waals surface area contributed by atoms with Gasteiger partial charge in [0.15, 0.2) is 0 Å². The molecule has 2 aromatic rings. The maximum Gasteiger partial charge on any atom is 0.231 e. The van der Waals surface area contributed by atoms with Crippen LogP contribution in [0.15, 0.2) is 24.3 Å². The van der Waals surface area contributed by atoms with Crippen molar-refractivity contribution in [1.29, 1.82) is 0 Å². The highest BCUT2D eigenvalue weighted by Crippen LogP contribution is 2.28. The second-order valence-electron chi connectivity index (χ2n) is 4.02.